The summed E-state index contributed by atoms with van der Waals surface area (Å²) in [5.74, 6) is 0.576. The van der Waals surface area contributed by atoms with E-state index in [0.29, 0.717) is 12.0 Å². The molecule has 4 heteroatoms. The van der Waals surface area contributed by atoms with Gasteiger partial charge in [0, 0.05) is 12.2 Å². The van der Waals surface area contributed by atoms with Crippen LogP contribution < -0.4 is 5.73 Å². The van der Waals surface area contributed by atoms with Gasteiger partial charge in [0.1, 0.15) is 5.52 Å². The summed E-state index contributed by atoms with van der Waals surface area (Å²) < 4.78 is 2.06. The topological polar surface area (TPSA) is 56.7 Å². The molecule has 0 radical (unpaired) electrons. The predicted octanol–water partition coefficient (Wildman–Crippen LogP) is 3.54. The van der Waals surface area contributed by atoms with Crippen LogP contribution in [0.1, 0.15) is 52.0 Å². The van der Waals surface area contributed by atoms with Crippen molar-refractivity contribution in [1.82, 2.24) is 14.5 Å². The lowest BCUT2D eigenvalue weighted by Gasteiger charge is -2.15. The van der Waals surface area contributed by atoms with Gasteiger partial charge >= 0.3 is 0 Å². The molecule has 0 aliphatic carbocycles. The summed E-state index contributed by atoms with van der Waals surface area (Å²) in [6.45, 7) is 4.42. The normalized spacial score (nSPS) is 13.0. The van der Waals surface area contributed by atoms with Crippen LogP contribution in [0.2, 0.25) is 0 Å². The van der Waals surface area contributed by atoms with Crippen LogP contribution >= 0.6 is 0 Å². The van der Waals surface area contributed by atoms with E-state index in [1.807, 2.05) is 12.1 Å². The van der Waals surface area contributed by atoms with Gasteiger partial charge in [-0.2, -0.15) is 0 Å². The molecule has 0 bridgehead atoms. The highest BCUT2D eigenvalue weighted by Crippen LogP contribution is 2.24. The fraction of sp³-hybridized carbons (Fsp3) is 0.571. The van der Waals surface area contributed by atoms with Crippen LogP contribution in [0.4, 0.5) is 5.95 Å². The molecule has 0 aromatic carbocycles. The average Bonchev–Trinajstić information content (AvgIpc) is 2.70. The van der Waals surface area contributed by atoms with Gasteiger partial charge in [-0.3, -0.25) is 4.57 Å². The summed E-state index contributed by atoms with van der Waals surface area (Å²) in [5.41, 5.74) is 7.78. The van der Waals surface area contributed by atoms with Gasteiger partial charge in [-0.15, -0.1) is 0 Å². The molecule has 98 valence electrons. The SMILES string of the molecule is CCCCCCC(C)n1c(N)nc2cccnc21. The van der Waals surface area contributed by atoms with E-state index in [2.05, 4.69) is 28.4 Å². The van der Waals surface area contributed by atoms with Crippen molar-refractivity contribution in [3.63, 3.8) is 0 Å². The van der Waals surface area contributed by atoms with Gasteiger partial charge in [0.2, 0.25) is 5.95 Å². The van der Waals surface area contributed by atoms with E-state index in [1.165, 1.54) is 25.7 Å². The number of hydrogen-bond donors (Lipinski definition) is 1. The van der Waals surface area contributed by atoms with Crippen molar-refractivity contribution >= 4 is 17.1 Å². The molecule has 0 fully saturated rings. The zero-order chi connectivity index (χ0) is 13.0. The molecule has 0 aliphatic rings. The maximum absolute atomic E-state index is 6.00. The van der Waals surface area contributed by atoms with Crippen LogP contribution in [-0.2, 0) is 0 Å². The molecule has 2 aromatic heterocycles. The van der Waals surface area contributed by atoms with E-state index >= 15 is 0 Å². The predicted molar refractivity (Wildman–Crippen MR) is 75.4 cm³/mol. The maximum Gasteiger partial charge on any atom is 0.202 e. The summed E-state index contributed by atoms with van der Waals surface area (Å²) >= 11 is 0. The third-order valence-corrected chi connectivity index (χ3v) is 3.39. The zero-order valence-corrected chi connectivity index (χ0v) is 11.3. The number of unbranched alkanes of at least 4 members (excludes halogenated alkanes) is 3. The number of fused-ring (bicyclic) bond motifs is 1. The Morgan fingerprint density at radius 2 is 2.17 bits per heavy atom. The highest BCUT2D eigenvalue weighted by atomic mass is 15.2. The minimum absolute atomic E-state index is 0.363. The second kappa shape index (κ2) is 5.85. The van der Waals surface area contributed by atoms with E-state index in [-0.39, 0.29) is 0 Å². The van der Waals surface area contributed by atoms with Crippen molar-refractivity contribution in [3.05, 3.63) is 18.3 Å². The number of nitrogens with two attached hydrogens (primary N) is 1. The Balaban J connectivity index is 2.12. The standard InChI is InChI=1S/C14H22N4/c1-3-4-5-6-8-11(2)18-13-12(17-14(18)15)9-7-10-16-13/h7,9-11H,3-6,8H2,1-2H3,(H2,15,17). The van der Waals surface area contributed by atoms with Crippen LogP contribution in [-0.4, -0.2) is 14.5 Å². The van der Waals surface area contributed by atoms with Gasteiger partial charge < -0.3 is 5.73 Å². The van der Waals surface area contributed by atoms with E-state index in [9.17, 15) is 0 Å². The molecule has 2 rings (SSSR count). The van der Waals surface area contributed by atoms with Crippen LogP contribution in [0.3, 0.4) is 0 Å². The van der Waals surface area contributed by atoms with E-state index < -0.39 is 0 Å². The molecular formula is C14H22N4. The summed E-state index contributed by atoms with van der Waals surface area (Å²) in [7, 11) is 0. The molecule has 4 nitrogen and oxygen atoms in total. The Hall–Kier alpha value is -1.58. The summed E-state index contributed by atoms with van der Waals surface area (Å²) in [6, 6.07) is 4.21. The Kier molecular flexibility index (Phi) is 4.18. The third kappa shape index (κ3) is 2.63. The summed E-state index contributed by atoms with van der Waals surface area (Å²) in [4.78, 5) is 8.74. The van der Waals surface area contributed by atoms with Crippen molar-refractivity contribution in [2.45, 2.75) is 52.0 Å². The van der Waals surface area contributed by atoms with Gasteiger partial charge in [0.15, 0.2) is 5.65 Å². The van der Waals surface area contributed by atoms with Crippen molar-refractivity contribution in [2.24, 2.45) is 0 Å². The van der Waals surface area contributed by atoms with E-state index in [0.717, 1.165) is 17.6 Å². The molecule has 0 amide bonds. The number of anilines is 1. The number of pyridine rings is 1. The number of aromatic nitrogens is 3. The van der Waals surface area contributed by atoms with Gasteiger partial charge in [0.05, 0.1) is 0 Å². The minimum Gasteiger partial charge on any atom is -0.369 e. The van der Waals surface area contributed by atoms with Crippen LogP contribution in [0.5, 0.6) is 0 Å². The number of imidazole rings is 1. The minimum atomic E-state index is 0.363. The Bertz CT molecular complexity index is 503. The molecule has 0 spiro atoms. The monoisotopic (exact) mass is 246 g/mol. The molecular weight excluding hydrogens is 224 g/mol. The van der Waals surface area contributed by atoms with Gasteiger partial charge in [-0.25, -0.2) is 9.97 Å². The maximum atomic E-state index is 6.00. The number of rotatable bonds is 6. The second-order valence-electron chi connectivity index (χ2n) is 4.88. The zero-order valence-electron chi connectivity index (χ0n) is 11.3. The number of hydrogen-bond acceptors (Lipinski definition) is 3. The van der Waals surface area contributed by atoms with Crippen molar-refractivity contribution in [2.75, 3.05) is 5.73 Å². The fourth-order valence-electron chi connectivity index (χ4n) is 2.38. The molecule has 1 unspecified atom stereocenters. The van der Waals surface area contributed by atoms with E-state index in [4.69, 9.17) is 5.73 Å². The van der Waals surface area contributed by atoms with Gasteiger partial charge in [-0.1, -0.05) is 32.6 Å². The van der Waals surface area contributed by atoms with Gasteiger partial charge in [0.25, 0.3) is 0 Å². The molecule has 2 heterocycles. The fourth-order valence-corrected chi connectivity index (χ4v) is 2.38. The molecule has 1 atom stereocenters. The molecule has 2 aromatic rings. The molecule has 0 aliphatic heterocycles. The highest BCUT2D eigenvalue weighted by molar-refractivity contribution is 5.73. The van der Waals surface area contributed by atoms with Crippen molar-refractivity contribution in [1.29, 1.82) is 0 Å². The number of nitrogen functional groups attached to an aromatic ring is 1. The smallest absolute Gasteiger partial charge is 0.202 e. The van der Waals surface area contributed by atoms with Crippen LogP contribution in [0.15, 0.2) is 18.3 Å². The third-order valence-electron chi connectivity index (χ3n) is 3.39. The van der Waals surface area contributed by atoms with Gasteiger partial charge in [-0.05, 0) is 25.5 Å². The first kappa shape index (κ1) is 12.9. The quantitative estimate of drug-likeness (QED) is 0.793. The van der Waals surface area contributed by atoms with E-state index in [1.54, 1.807) is 6.20 Å². The molecule has 0 saturated carbocycles. The molecule has 2 N–H and O–H groups in total. The summed E-state index contributed by atoms with van der Waals surface area (Å²) in [5, 5.41) is 0. The van der Waals surface area contributed by atoms with Crippen LogP contribution in [0, 0.1) is 0 Å². The summed E-state index contributed by atoms with van der Waals surface area (Å²) in [6.07, 6.45) is 8.04. The second-order valence-corrected chi connectivity index (χ2v) is 4.88. The van der Waals surface area contributed by atoms with Crippen LogP contribution in [0.25, 0.3) is 11.2 Å². The number of nitrogens with zero attached hydrogens (tertiary/aromatic N) is 3. The molecule has 18 heavy (non-hydrogen) atoms. The Labute approximate surface area is 108 Å². The highest BCUT2D eigenvalue weighted by Gasteiger charge is 2.14. The average molecular weight is 246 g/mol. The lowest BCUT2D eigenvalue weighted by atomic mass is 10.1. The lowest BCUT2D eigenvalue weighted by molar-refractivity contribution is 0.484. The van der Waals surface area contributed by atoms with Crippen molar-refractivity contribution in [3.8, 4) is 0 Å². The lowest BCUT2D eigenvalue weighted by Crippen LogP contribution is -2.09. The largest absolute Gasteiger partial charge is 0.369 e. The first-order valence-corrected chi connectivity index (χ1v) is 6.82. The van der Waals surface area contributed by atoms with Crippen molar-refractivity contribution < 1.29 is 0 Å². The Morgan fingerprint density at radius 3 is 2.94 bits per heavy atom. The first-order valence-electron chi connectivity index (χ1n) is 6.82. The Morgan fingerprint density at radius 1 is 1.33 bits per heavy atom. The molecule has 0 saturated heterocycles. The first-order chi connectivity index (χ1) is 8.74.